The first-order chi connectivity index (χ1) is 7.88. The van der Waals surface area contributed by atoms with E-state index in [0.29, 0.717) is 17.3 Å². The molecule has 2 saturated carbocycles. The van der Waals surface area contributed by atoms with Gasteiger partial charge in [0.05, 0.1) is 6.10 Å². The highest BCUT2D eigenvalue weighted by Crippen LogP contribution is 2.67. The van der Waals surface area contributed by atoms with Crippen LogP contribution in [-0.4, -0.2) is 35.7 Å². The van der Waals surface area contributed by atoms with Crippen molar-refractivity contribution in [2.24, 2.45) is 22.7 Å². The Labute approximate surface area is 106 Å². The van der Waals surface area contributed by atoms with Gasteiger partial charge < -0.3 is 10.0 Å². The molecule has 2 heteroatoms. The van der Waals surface area contributed by atoms with Gasteiger partial charge in [-0.15, -0.1) is 0 Å². The SMILES string of the molecule is CCN(CC)CC1C2CCC(C)(C1O)C2(C)C. The molecular weight excluding hydrogens is 210 g/mol. The van der Waals surface area contributed by atoms with E-state index in [1.54, 1.807) is 0 Å². The van der Waals surface area contributed by atoms with Crippen LogP contribution in [0.3, 0.4) is 0 Å². The predicted molar refractivity (Wildman–Crippen MR) is 71.9 cm³/mol. The van der Waals surface area contributed by atoms with Gasteiger partial charge >= 0.3 is 0 Å². The number of hydrogen-bond donors (Lipinski definition) is 1. The van der Waals surface area contributed by atoms with Crippen molar-refractivity contribution in [3.63, 3.8) is 0 Å². The summed E-state index contributed by atoms with van der Waals surface area (Å²) in [6.45, 7) is 14.8. The van der Waals surface area contributed by atoms with E-state index < -0.39 is 0 Å². The standard InChI is InChI=1S/C15H29NO/c1-6-16(7-2)10-11-12-8-9-15(5,13(11)17)14(12,3)4/h11-13,17H,6-10H2,1-5H3. The van der Waals surface area contributed by atoms with Gasteiger partial charge in [-0.3, -0.25) is 0 Å². The molecule has 2 aliphatic carbocycles. The van der Waals surface area contributed by atoms with Gasteiger partial charge in [0.2, 0.25) is 0 Å². The lowest BCUT2D eigenvalue weighted by Gasteiger charge is -2.37. The molecule has 1 N–H and O–H groups in total. The molecule has 0 heterocycles. The minimum atomic E-state index is -0.100. The molecule has 2 aliphatic rings. The molecule has 4 atom stereocenters. The van der Waals surface area contributed by atoms with Crippen LogP contribution in [0.25, 0.3) is 0 Å². The van der Waals surface area contributed by atoms with E-state index in [-0.39, 0.29) is 11.5 Å². The summed E-state index contributed by atoms with van der Waals surface area (Å²) in [4.78, 5) is 2.47. The third-order valence-electron chi connectivity index (χ3n) is 6.31. The van der Waals surface area contributed by atoms with E-state index in [0.717, 1.165) is 19.6 Å². The Hall–Kier alpha value is -0.0800. The highest BCUT2D eigenvalue weighted by Gasteiger charge is 2.65. The molecule has 2 rings (SSSR count). The average Bonchev–Trinajstić information content (AvgIpc) is 2.59. The maximum absolute atomic E-state index is 10.7. The number of rotatable bonds is 4. The molecule has 0 saturated heterocycles. The van der Waals surface area contributed by atoms with Crippen molar-refractivity contribution in [1.82, 2.24) is 4.90 Å². The summed E-state index contributed by atoms with van der Waals surface area (Å²) in [5, 5.41) is 10.7. The lowest BCUT2D eigenvalue weighted by atomic mass is 9.70. The molecule has 17 heavy (non-hydrogen) atoms. The van der Waals surface area contributed by atoms with Gasteiger partial charge in [-0.05, 0) is 42.7 Å². The third kappa shape index (κ3) is 1.67. The van der Waals surface area contributed by atoms with Crippen molar-refractivity contribution in [1.29, 1.82) is 0 Å². The minimum absolute atomic E-state index is 0.100. The normalized spacial score (nSPS) is 43.6. The minimum Gasteiger partial charge on any atom is -0.392 e. The smallest absolute Gasteiger partial charge is 0.0642 e. The van der Waals surface area contributed by atoms with Gasteiger partial charge in [-0.2, -0.15) is 0 Å². The van der Waals surface area contributed by atoms with Crippen LogP contribution < -0.4 is 0 Å². The molecule has 4 unspecified atom stereocenters. The van der Waals surface area contributed by atoms with Gasteiger partial charge in [0.1, 0.15) is 0 Å². The van der Waals surface area contributed by atoms with Crippen LogP contribution in [-0.2, 0) is 0 Å². The van der Waals surface area contributed by atoms with Gasteiger partial charge in [-0.1, -0.05) is 34.6 Å². The highest BCUT2D eigenvalue weighted by molar-refractivity contribution is 5.14. The van der Waals surface area contributed by atoms with Crippen molar-refractivity contribution in [2.45, 2.75) is 53.6 Å². The molecular formula is C15H29NO. The first-order valence-corrected chi connectivity index (χ1v) is 7.29. The van der Waals surface area contributed by atoms with E-state index in [1.165, 1.54) is 12.8 Å². The topological polar surface area (TPSA) is 23.5 Å². The van der Waals surface area contributed by atoms with Gasteiger partial charge in [-0.25, -0.2) is 0 Å². The Morgan fingerprint density at radius 2 is 1.76 bits per heavy atom. The number of aliphatic hydroxyl groups excluding tert-OH is 1. The Kier molecular flexibility index (Phi) is 3.33. The van der Waals surface area contributed by atoms with Gasteiger partial charge in [0.25, 0.3) is 0 Å². The highest BCUT2D eigenvalue weighted by atomic mass is 16.3. The predicted octanol–water partition coefficient (Wildman–Crippen LogP) is 2.76. The van der Waals surface area contributed by atoms with Crippen molar-refractivity contribution in [3.05, 3.63) is 0 Å². The first-order valence-electron chi connectivity index (χ1n) is 7.29. The molecule has 0 amide bonds. The first kappa shape index (κ1) is 13.4. The number of fused-ring (bicyclic) bond motifs is 2. The molecule has 2 fully saturated rings. The van der Waals surface area contributed by atoms with Crippen LogP contribution in [0.2, 0.25) is 0 Å². The second-order valence-corrected chi connectivity index (χ2v) is 6.88. The summed E-state index contributed by atoms with van der Waals surface area (Å²) in [7, 11) is 0. The molecule has 0 aliphatic heterocycles. The van der Waals surface area contributed by atoms with Crippen LogP contribution in [0.15, 0.2) is 0 Å². The van der Waals surface area contributed by atoms with E-state index in [1.807, 2.05) is 0 Å². The Bertz CT molecular complexity index is 285. The molecule has 0 aromatic heterocycles. The van der Waals surface area contributed by atoms with Crippen molar-refractivity contribution < 1.29 is 5.11 Å². The second kappa shape index (κ2) is 4.24. The van der Waals surface area contributed by atoms with Crippen LogP contribution >= 0.6 is 0 Å². The number of hydrogen-bond acceptors (Lipinski definition) is 2. The van der Waals surface area contributed by atoms with Gasteiger partial charge in [0.15, 0.2) is 0 Å². The van der Waals surface area contributed by atoms with E-state index in [4.69, 9.17) is 0 Å². The van der Waals surface area contributed by atoms with Crippen LogP contribution in [0.4, 0.5) is 0 Å². The molecule has 2 nitrogen and oxygen atoms in total. The summed E-state index contributed by atoms with van der Waals surface area (Å²) >= 11 is 0. The average molecular weight is 239 g/mol. The van der Waals surface area contributed by atoms with Crippen LogP contribution in [0, 0.1) is 22.7 Å². The lowest BCUT2D eigenvalue weighted by molar-refractivity contribution is -0.0177. The van der Waals surface area contributed by atoms with E-state index in [9.17, 15) is 5.11 Å². The summed E-state index contributed by atoms with van der Waals surface area (Å²) in [5.41, 5.74) is 0.458. The second-order valence-electron chi connectivity index (χ2n) is 6.88. The van der Waals surface area contributed by atoms with Crippen molar-refractivity contribution >= 4 is 0 Å². The van der Waals surface area contributed by atoms with Gasteiger partial charge in [0, 0.05) is 12.5 Å². The van der Waals surface area contributed by atoms with Crippen molar-refractivity contribution in [3.8, 4) is 0 Å². The quantitative estimate of drug-likeness (QED) is 0.815. The Balaban J connectivity index is 2.17. The zero-order valence-electron chi connectivity index (χ0n) is 12.2. The van der Waals surface area contributed by atoms with Crippen LogP contribution in [0.1, 0.15) is 47.5 Å². The summed E-state index contributed by atoms with van der Waals surface area (Å²) in [6.07, 6.45) is 2.42. The third-order valence-corrected chi connectivity index (χ3v) is 6.31. The molecule has 100 valence electrons. The fourth-order valence-corrected chi connectivity index (χ4v) is 4.54. The summed E-state index contributed by atoms with van der Waals surface area (Å²) in [6, 6.07) is 0. The molecule has 2 bridgehead atoms. The zero-order chi connectivity index (χ0) is 12.8. The maximum atomic E-state index is 10.7. The van der Waals surface area contributed by atoms with E-state index >= 15 is 0 Å². The van der Waals surface area contributed by atoms with Crippen molar-refractivity contribution in [2.75, 3.05) is 19.6 Å². The van der Waals surface area contributed by atoms with E-state index in [2.05, 4.69) is 39.5 Å². The molecule has 0 radical (unpaired) electrons. The summed E-state index contributed by atoms with van der Waals surface area (Å²) < 4.78 is 0. The Morgan fingerprint density at radius 3 is 2.18 bits per heavy atom. The molecule has 0 aromatic rings. The number of aliphatic hydroxyl groups is 1. The van der Waals surface area contributed by atoms with Crippen LogP contribution in [0.5, 0.6) is 0 Å². The largest absolute Gasteiger partial charge is 0.392 e. The zero-order valence-corrected chi connectivity index (χ0v) is 12.2. The monoisotopic (exact) mass is 239 g/mol. The lowest BCUT2D eigenvalue weighted by Crippen LogP contribution is -2.41. The fraction of sp³-hybridized carbons (Fsp3) is 1.00. The number of nitrogens with zero attached hydrogens (tertiary/aromatic N) is 1. The maximum Gasteiger partial charge on any atom is 0.0642 e. The molecule has 0 spiro atoms. The fourth-order valence-electron chi connectivity index (χ4n) is 4.54. The Morgan fingerprint density at radius 1 is 1.18 bits per heavy atom. The summed E-state index contributed by atoms with van der Waals surface area (Å²) in [5.74, 6) is 1.20. The molecule has 0 aromatic carbocycles.